The zero-order valence-corrected chi connectivity index (χ0v) is 20.1. The molecule has 0 aromatic heterocycles. The molecule has 1 amide bonds. The van der Waals surface area contributed by atoms with Gasteiger partial charge in [0.25, 0.3) is 5.91 Å². The van der Waals surface area contributed by atoms with E-state index in [2.05, 4.69) is 19.2 Å². The average molecular weight is 475 g/mol. The molecular formula is C24H30N2O6S. The van der Waals surface area contributed by atoms with Crippen LogP contribution in [0.3, 0.4) is 0 Å². The zero-order chi connectivity index (χ0) is 24.3. The maximum Gasteiger partial charge on any atom is 0.325 e. The summed E-state index contributed by atoms with van der Waals surface area (Å²) in [5.41, 5.74) is 3.43. The van der Waals surface area contributed by atoms with Crippen LogP contribution in [0.15, 0.2) is 47.4 Å². The molecular weight excluding hydrogens is 444 g/mol. The molecule has 2 unspecified atom stereocenters. The van der Waals surface area contributed by atoms with Gasteiger partial charge in [0.1, 0.15) is 6.04 Å². The molecule has 2 aromatic rings. The van der Waals surface area contributed by atoms with Gasteiger partial charge in [0, 0.05) is 18.7 Å². The Kier molecular flexibility index (Phi) is 7.56. The molecule has 3 rings (SSSR count). The molecule has 178 valence electrons. The lowest BCUT2D eigenvalue weighted by Crippen LogP contribution is -2.42. The number of carbonyl (C=O) groups excluding carboxylic acids is 2. The smallest absolute Gasteiger partial charge is 0.325 e. The molecule has 0 bridgehead atoms. The van der Waals surface area contributed by atoms with Crippen LogP contribution in [-0.2, 0) is 24.3 Å². The number of hydrogen-bond donors (Lipinski definition) is 2. The minimum atomic E-state index is -4.03. The minimum Gasteiger partial charge on any atom is -0.454 e. The van der Waals surface area contributed by atoms with Crippen molar-refractivity contribution in [1.82, 2.24) is 4.31 Å². The molecule has 8 nitrogen and oxygen atoms in total. The first kappa shape index (κ1) is 24.9. The van der Waals surface area contributed by atoms with Crippen molar-refractivity contribution in [2.24, 2.45) is 0 Å². The number of esters is 1. The van der Waals surface area contributed by atoms with Crippen LogP contribution < -0.4 is 5.32 Å². The summed E-state index contributed by atoms with van der Waals surface area (Å²) in [6.45, 7) is 7.02. The second kappa shape index (κ2) is 10.0. The highest BCUT2D eigenvalue weighted by Crippen LogP contribution is 2.28. The fourth-order valence-corrected chi connectivity index (χ4v) is 5.37. The van der Waals surface area contributed by atoms with Crippen molar-refractivity contribution in [2.45, 2.75) is 57.1 Å². The third-order valence-electron chi connectivity index (χ3n) is 5.80. The molecule has 0 spiro atoms. The largest absolute Gasteiger partial charge is 0.454 e. The predicted molar refractivity (Wildman–Crippen MR) is 124 cm³/mol. The summed E-state index contributed by atoms with van der Waals surface area (Å²) in [5.74, 6) is -1.05. The fourth-order valence-electron chi connectivity index (χ4n) is 3.66. The molecule has 2 N–H and O–H groups in total. The summed E-state index contributed by atoms with van der Waals surface area (Å²) in [6, 6.07) is 10.8. The van der Waals surface area contributed by atoms with Gasteiger partial charge < -0.3 is 15.2 Å². The Morgan fingerprint density at radius 1 is 1.12 bits per heavy atom. The van der Waals surface area contributed by atoms with Gasteiger partial charge in [-0.05, 0) is 60.7 Å². The van der Waals surface area contributed by atoms with Crippen LogP contribution >= 0.6 is 0 Å². The van der Waals surface area contributed by atoms with Crippen molar-refractivity contribution in [2.75, 3.05) is 18.5 Å². The van der Waals surface area contributed by atoms with Crippen LogP contribution in [0.5, 0.6) is 0 Å². The number of benzene rings is 2. The molecule has 33 heavy (non-hydrogen) atoms. The third-order valence-corrected chi connectivity index (χ3v) is 7.67. The number of aryl methyl sites for hydroxylation is 2. The summed E-state index contributed by atoms with van der Waals surface area (Å²) in [5, 5.41) is 12.7. The van der Waals surface area contributed by atoms with Crippen molar-refractivity contribution in [1.29, 1.82) is 0 Å². The first-order valence-electron chi connectivity index (χ1n) is 10.8. The lowest BCUT2D eigenvalue weighted by atomic mass is 10.0. The van der Waals surface area contributed by atoms with Gasteiger partial charge in [-0.3, -0.25) is 9.59 Å². The highest BCUT2D eigenvalue weighted by Gasteiger charge is 2.44. The summed E-state index contributed by atoms with van der Waals surface area (Å²) in [4.78, 5) is 24.9. The van der Waals surface area contributed by atoms with Crippen molar-refractivity contribution in [3.05, 3.63) is 59.2 Å². The number of nitrogens with one attached hydrogen (secondary N) is 1. The second-order valence-electron chi connectivity index (χ2n) is 8.66. The summed E-state index contributed by atoms with van der Waals surface area (Å²) in [7, 11) is -4.03. The Morgan fingerprint density at radius 2 is 1.79 bits per heavy atom. The van der Waals surface area contributed by atoms with E-state index in [0.717, 1.165) is 21.0 Å². The second-order valence-corrected chi connectivity index (χ2v) is 10.5. The number of amides is 1. The normalized spacial score (nSPS) is 19.0. The number of sulfonamides is 1. The maximum atomic E-state index is 13.1. The van der Waals surface area contributed by atoms with E-state index in [-0.39, 0.29) is 17.9 Å². The summed E-state index contributed by atoms with van der Waals surface area (Å²) in [6.07, 6.45) is -1.10. The highest BCUT2D eigenvalue weighted by molar-refractivity contribution is 7.89. The maximum absolute atomic E-state index is 13.1. The van der Waals surface area contributed by atoms with E-state index < -0.39 is 40.7 Å². The van der Waals surface area contributed by atoms with Crippen LogP contribution in [0.2, 0.25) is 0 Å². The molecule has 1 heterocycles. The van der Waals surface area contributed by atoms with E-state index >= 15 is 0 Å². The fraction of sp³-hybridized carbons (Fsp3) is 0.417. The predicted octanol–water partition coefficient (Wildman–Crippen LogP) is 2.73. The van der Waals surface area contributed by atoms with E-state index in [1.54, 1.807) is 25.1 Å². The number of carbonyl (C=O) groups is 2. The Hall–Kier alpha value is -2.75. The van der Waals surface area contributed by atoms with Crippen LogP contribution in [0.25, 0.3) is 0 Å². The van der Waals surface area contributed by atoms with Gasteiger partial charge in [-0.15, -0.1) is 0 Å². The quantitative estimate of drug-likeness (QED) is 0.597. The molecule has 1 aliphatic rings. The average Bonchev–Trinajstić information content (AvgIpc) is 3.17. The first-order valence-corrected chi connectivity index (χ1v) is 12.3. The SMILES string of the molecule is Cc1ccc(S(=O)(=O)N2CC(O)CC2C(=O)OCC(=O)Nc2ccc(C(C)C)cc2)cc1C. The number of aliphatic hydroxyl groups excluding tert-OH is 1. The van der Waals surface area contributed by atoms with Crippen molar-refractivity contribution in [3.8, 4) is 0 Å². The van der Waals surface area contributed by atoms with Crippen molar-refractivity contribution >= 4 is 27.6 Å². The van der Waals surface area contributed by atoms with Gasteiger partial charge in [-0.25, -0.2) is 8.42 Å². The van der Waals surface area contributed by atoms with Crippen LogP contribution in [0.1, 0.15) is 42.9 Å². The first-order chi connectivity index (χ1) is 15.5. The van der Waals surface area contributed by atoms with Gasteiger partial charge in [-0.2, -0.15) is 4.31 Å². The molecule has 0 aliphatic carbocycles. The Bertz CT molecular complexity index is 1130. The number of anilines is 1. The van der Waals surface area contributed by atoms with Crippen LogP contribution in [-0.4, -0.2) is 55.0 Å². The zero-order valence-electron chi connectivity index (χ0n) is 19.2. The van der Waals surface area contributed by atoms with E-state index in [0.29, 0.717) is 11.6 Å². The molecule has 2 aromatic carbocycles. The number of β-amino-alcohol motifs (C(OH)–C–C–N with tert-alkyl or cyclic N) is 1. The molecule has 0 radical (unpaired) electrons. The molecule has 1 aliphatic heterocycles. The van der Waals surface area contributed by atoms with E-state index in [1.807, 2.05) is 19.1 Å². The van der Waals surface area contributed by atoms with E-state index in [4.69, 9.17) is 4.74 Å². The summed E-state index contributed by atoms with van der Waals surface area (Å²) < 4.78 is 32.3. The van der Waals surface area contributed by atoms with E-state index in [1.165, 1.54) is 12.1 Å². The molecule has 2 atom stereocenters. The van der Waals surface area contributed by atoms with Gasteiger partial charge in [-0.1, -0.05) is 32.0 Å². The Balaban J connectivity index is 1.65. The highest BCUT2D eigenvalue weighted by atomic mass is 32.2. The van der Waals surface area contributed by atoms with Crippen LogP contribution in [0, 0.1) is 13.8 Å². The molecule has 9 heteroatoms. The van der Waals surface area contributed by atoms with Crippen molar-refractivity contribution in [3.63, 3.8) is 0 Å². The number of nitrogens with zero attached hydrogens (tertiary/aromatic N) is 1. The van der Waals surface area contributed by atoms with Gasteiger partial charge in [0.2, 0.25) is 10.0 Å². The Labute approximate surface area is 194 Å². The standard InChI is InChI=1S/C24H30N2O6S/c1-15(2)18-6-8-19(9-7-18)25-23(28)14-32-24(29)22-12-20(27)13-26(22)33(30,31)21-10-5-16(3)17(4)11-21/h5-11,15,20,22,27H,12-14H2,1-4H3,(H,25,28). The van der Waals surface area contributed by atoms with Gasteiger partial charge in [0.05, 0.1) is 11.0 Å². The number of rotatable bonds is 7. The lowest BCUT2D eigenvalue weighted by molar-refractivity contribution is -0.150. The van der Waals surface area contributed by atoms with E-state index in [9.17, 15) is 23.1 Å². The van der Waals surface area contributed by atoms with Crippen LogP contribution in [0.4, 0.5) is 5.69 Å². The summed E-state index contributed by atoms with van der Waals surface area (Å²) >= 11 is 0. The number of aliphatic hydroxyl groups is 1. The molecule has 1 fully saturated rings. The van der Waals surface area contributed by atoms with Gasteiger partial charge >= 0.3 is 5.97 Å². The molecule has 1 saturated heterocycles. The lowest BCUT2D eigenvalue weighted by Gasteiger charge is -2.22. The van der Waals surface area contributed by atoms with Gasteiger partial charge in [0.15, 0.2) is 6.61 Å². The van der Waals surface area contributed by atoms with Crippen molar-refractivity contribution < 1.29 is 27.9 Å². The third kappa shape index (κ3) is 5.79. The monoisotopic (exact) mass is 474 g/mol. The molecule has 0 saturated carbocycles. The topological polar surface area (TPSA) is 113 Å². The number of ether oxygens (including phenoxy) is 1. The minimum absolute atomic E-state index is 0.0417. The Morgan fingerprint density at radius 3 is 2.39 bits per heavy atom. The number of hydrogen-bond acceptors (Lipinski definition) is 6.